The number of nitrogens with zero attached hydrogens (tertiary/aromatic N) is 1. The van der Waals surface area contributed by atoms with Crippen LogP contribution in [0.1, 0.15) is 20.8 Å². The number of carbonyl (C=O) groups is 1. The van der Waals surface area contributed by atoms with Crippen LogP contribution >= 0.6 is 0 Å². The highest BCUT2D eigenvalue weighted by atomic mass is 16.5. The molecule has 4 nitrogen and oxygen atoms in total. The third-order valence-electron chi connectivity index (χ3n) is 2.03. The largest absolute Gasteiger partial charge is 0.464 e. The highest BCUT2D eigenvalue weighted by molar-refractivity contribution is 5.79. The number of ether oxygens (including phenoxy) is 1. The molecule has 14 heavy (non-hydrogen) atoms. The molecule has 0 bridgehead atoms. The van der Waals surface area contributed by atoms with Crippen molar-refractivity contribution < 1.29 is 9.53 Å². The maximum Gasteiger partial charge on any atom is 0.333 e. The van der Waals surface area contributed by atoms with E-state index in [1.807, 2.05) is 26.0 Å². The lowest BCUT2D eigenvalue weighted by atomic mass is 10.1. The van der Waals surface area contributed by atoms with Gasteiger partial charge in [-0.2, -0.15) is 0 Å². The van der Waals surface area contributed by atoms with E-state index in [1.54, 1.807) is 24.3 Å². The van der Waals surface area contributed by atoms with Crippen LogP contribution in [0.4, 0.5) is 0 Å². The predicted molar refractivity (Wildman–Crippen MR) is 54.0 cm³/mol. The van der Waals surface area contributed by atoms with Gasteiger partial charge in [-0.15, -0.1) is 0 Å². The summed E-state index contributed by atoms with van der Waals surface area (Å²) in [6, 6.07) is 0. The molecule has 78 valence electrons. The molecule has 0 atom stereocenters. The topological polar surface area (TPSA) is 41.6 Å². The van der Waals surface area contributed by atoms with E-state index in [0.717, 1.165) is 0 Å². The van der Waals surface area contributed by atoms with E-state index < -0.39 is 5.54 Å². The molecule has 0 spiro atoms. The Morgan fingerprint density at radius 2 is 2.21 bits per heavy atom. The van der Waals surface area contributed by atoms with E-state index in [9.17, 15) is 4.79 Å². The fraction of sp³-hybridized carbons (Fsp3) is 0.500. The van der Waals surface area contributed by atoms with Gasteiger partial charge < -0.3 is 10.2 Å². The highest BCUT2D eigenvalue weighted by Gasteiger charge is 2.34. The molecular weight excluding hydrogens is 180 g/mol. The van der Waals surface area contributed by atoms with Crippen LogP contribution in [0.5, 0.6) is 0 Å². The summed E-state index contributed by atoms with van der Waals surface area (Å²) < 4.78 is 4.98. The maximum absolute atomic E-state index is 11.6. The van der Waals surface area contributed by atoms with Gasteiger partial charge in [0.2, 0.25) is 0 Å². The van der Waals surface area contributed by atoms with Crippen molar-refractivity contribution in [1.82, 2.24) is 10.4 Å². The first-order chi connectivity index (χ1) is 6.59. The minimum atomic E-state index is -0.697. The SMILES string of the molecule is CCOC(=O)C(C)(C)N1C=CC=CN1. The van der Waals surface area contributed by atoms with E-state index in [1.165, 1.54) is 0 Å². The summed E-state index contributed by atoms with van der Waals surface area (Å²) in [4.78, 5) is 11.6. The van der Waals surface area contributed by atoms with Crippen molar-refractivity contribution >= 4 is 5.97 Å². The van der Waals surface area contributed by atoms with Crippen molar-refractivity contribution in [3.63, 3.8) is 0 Å². The fourth-order valence-corrected chi connectivity index (χ4v) is 1.11. The first kappa shape index (κ1) is 10.6. The Hall–Kier alpha value is -1.45. The van der Waals surface area contributed by atoms with Gasteiger partial charge in [0.1, 0.15) is 0 Å². The van der Waals surface area contributed by atoms with Gasteiger partial charge in [0.05, 0.1) is 6.61 Å². The van der Waals surface area contributed by atoms with Gasteiger partial charge in [0.25, 0.3) is 0 Å². The monoisotopic (exact) mass is 196 g/mol. The number of hydrogen-bond acceptors (Lipinski definition) is 4. The van der Waals surface area contributed by atoms with Crippen molar-refractivity contribution in [3.8, 4) is 0 Å². The second-order valence-corrected chi connectivity index (χ2v) is 3.48. The molecule has 0 aromatic carbocycles. The van der Waals surface area contributed by atoms with Gasteiger partial charge >= 0.3 is 5.97 Å². The molecule has 0 saturated heterocycles. The minimum absolute atomic E-state index is 0.243. The first-order valence-electron chi connectivity index (χ1n) is 4.65. The van der Waals surface area contributed by atoms with Crippen LogP contribution in [0.3, 0.4) is 0 Å². The number of allylic oxidation sites excluding steroid dienone is 2. The second-order valence-electron chi connectivity index (χ2n) is 3.48. The molecule has 1 N–H and O–H groups in total. The molecule has 0 aromatic heterocycles. The van der Waals surface area contributed by atoms with Crippen molar-refractivity contribution in [1.29, 1.82) is 0 Å². The van der Waals surface area contributed by atoms with Crippen LogP contribution in [0.25, 0.3) is 0 Å². The Morgan fingerprint density at radius 3 is 2.71 bits per heavy atom. The average Bonchev–Trinajstić information content (AvgIpc) is 2.19. The Morgan fingerprint density at radius 1 is 1.50 bits per heavy atom. The summed E-state index contributed by atoms with van der Waals surface area (Å²) in [6.45, 7) is 5.81. The van der Waals surface area contributed by atoms with Gasteiger partial charge in [-0.25, -0.2) is 4.79 Å². The van der Waals surface area contributed by atoms with Crippen LogP contribution < -0.4 is 5.43 Å². The molecule has 1 aliphatic rings. The molecule has 0 fully saturated rings. The van der Waals surface area contributed by atoms with Crippen LogP contribution in [0, 0.1) is 0 Å². The Kier molecular flexibility index (Phi) is 3.17. The molecule has 0 aromatic rings. The zero-order valence-electron chi connectivity index (χ0n) is 8.78. The lowest BCUT2D eigenvalue weighted by molar-refractivity contribution is -0.155. The van der Waals surface area contributed by atoms with E-state index >= 15 is 0 Å². The Balaban J connectivity index is 2.68. The summed E-state index contributed by atoms with van der Waals surface area (Å²) in [5, 5.41) is 1.71. The smallest absolute Gasteiger partial charge is 0.333 e. The number of hydrazine groups is 1. The molecule has 0 aliphatic carbocycles. The summed E-state index contributed by atoms with van der Waals surface area (Å²) in [6.07, 6.45) is 7.28. The van der Waals surface area contributed by atoms with Gasteiger partial charge in [0.15, 0.2) is 5.54 Å². The quantitative estimate of drug-likeness (QED) is 0.688. The van der Waals surface area contributed by atoms with Crippen molar-refractivity contribution in [2.45, 2.75) is 26.3 Å². The van der Waals surface area contributed by atoms with E-state index in [0.29, 0.717) is 6.61 Å². The van der Waals surface area contributed by atoms with Crippen molar-refractivity contribution in [3.05, 3.63) is 24.6 Å². The number of nitrogens with one attached hydrogen (secondary N) is 1. The molecule has 0 unspecified atom stereocenters. The molecule has 0 radical (unpaired) electrons. The lowest BCUT2D eigenvalue weighted by Gasteiger charge is -2.35. The fourth-order valence-electron chi connectivity index (χ4n) is 1.11. The molecule has 0 amide bonds. The number of hydrogen-bond donors (Lipinski definition) is 1. The number of carbonyl (C=O) groups excluding carboxylic acids is 1. The summed E-state index contributed by atoms with van der Waals surface area (Å²) in [7, 11) is 0. The van der Waals surface area contributed by atoms with Gasteiger partial charge in [-0.05, 0) is 32.9 Å². The predicted octanol–water partition coefficient (Wildman–Crippen LogP) is 1.18. The van der Waals surface area contributed by atoms with Crippen molar-refractivity contribution in [2.24, 2.45) is 0 Å². The molecule has 4 heteroatoms. The zero-order chi connectivity index (χ0) is 10.6. The van der Waals surface area contributed by atoms with Crippen LogP contribution in [-0.2, 0) is 9.53 Å². The second kappa shape index (κ2) is 4.17. The summed E-state index contributed by atoms with van der Waals surface area (Å²) in [5.74, 6) is -0.243. The number of esters is 1. The molecule has 1 aliphatic heterocycles. The standard InChI is InChI=1S/C10H16N2O2/c1-4-14-9(13)10(2,3)12-8-6-5-7-11-12/h5-8,11H,4H2,1-3H3. The molecule has 0 saturated carbocycles. The third-order valence-corrected chi connectivity index (χ3v) is 2.03. The van der Waals surface area contributed by atoms with E-state index in [-0.39, 0.29) is 5.97 Å². The number of rotatable bonds is 3. The van der Waals surface area contributed by atoms with E-state index in [2.05, 4.69) is 5.43 Å². The maximum atomic E-state index is 11.6. The summed E-state index contributed by atoms with van der Waals surface area (Å²) in [5.41, 5.74) is 2.27. The first-order valence-corrected chi connectivity index (χ1v) is 4.65. The van der Waals surface area contributed by atoms with Crippen LogP contribution in [0.15, 0.2) is 24.6 Å². The normalized spacial score (nSPS) is 15.2. The Labute approximate surface area is 84.2 Å². The summed E-state index contributed by atoms with van der Waals surface area (Å²) >= 11 is 0. The minimum Gasteiger partial charge on any atom is -0.464 e. The molecule has 1 heterocycles. The third kappa shape index (κ3) is 2.07. The van der Waals surface area contributed by atoms with Gasteiger partial charge in [-0.3, -0.25) is 5.01 Å². The molecular formula is C10H16N2O2. The van der Waals surface area contributed by atoms with Crippen molar-refractivity contribution in [2.75, 3.05) is 6.61 Å². The van der Waals surface area contributed by atoms with Gasteiger partial charge in [-0.1, -0.05) is 0 Å². The van der Waals surface area contributed by atoms with Crippen LogP contribution in [0.2, 0.25) is 0 Å². The highest BCUT2D eigenvalue weighted by Crippen LogP contribution is 2.16. The van der Waals surface area contributed by atoms with Gasteiger partial charge in [0, 0.05) is 12.4 Å². The average molecular weight is 196 g/mol. The Bertz CT molecular complexity index is 269. The zero-order valence-corrected chi connectivity index (χ0v) is 8.78. The van der Waals surface area contributed by atoms with E-state index in [4.69, 9.17) is 4.74 Å². The van der Waals surface area contributed by atoms with Crippen LogP contribution in [-0.4, -0.2) is 23.1 Å². The molecule has 1 rings (SSSR count). The lowest BCUT2D eigenvalue weighted by Crippen LogP contribution is -2.53.